The third-order valence-corrected chi connectivity index (χ3v) is 4.09. The van der Waals surface area contributed by atoms with E-state index in [0.717, 1.165) is 12.2 Å². The summed E-state index contributed by atoms with van der Waals surface area (Å²) < 4.78 is 5.14. The lowest BCUT2D eigenvalue weighted by Crippen LogP contribution is -2.15. The van der Waals surface area contributed by atoms with E-state index in [1.54, 1.807) is 43.5 Å². The quantitative estimate of drug-likeness (QED) is 0.644. The van der Waals surface area contributed by atoms with Crippen LogP contribution in [0.5, 0.6) is 5.75 Å². The maximum Gasteiger partial charge on any atom is 0.276 e. The molecule has 0 fully saturated rings. The third kappa shape index (κ3) is 5.43. The van der Waals surface area contributed by atoms with Crippen LogP contribution in [0, 0.1) is 0 Å². The van der Waals surface area contributed by atoms with Crippen molar-refractivity contribution in [3.05, 3.63) is 76.9 Å². The Morgan fingerprint density at radius 3 is 2.56 bits per heavy atom. The molecule has 0 unspecified atom stereocenters. The summed E-state index contributed by atoms with van der Waals surface area (Å²) in [5.41, 5.74) is 2.03. The Hall–Kier alpha value is -3.12. The fourth-order valence-electron chi connectivity index (χ4n) is 2.44. The molecule has 0 aliphatic heterocycles. The van der Waals surface area contributed by atoms with Crippen LogP contribution in [-0.4, -0.2) is 29.8 Å². The first-order valence-corrected chi connectivity index (χ1v) is 8.79. The van der Waals surface area contributed by atoms with E-state index >= 15 is 0 Å². The first-order chi connectivity index (χ1) is 13.1. The topological polar surface area (TPSA) is 76.1 Å². The smallest absolute Gasteiger partial charge is 0.276 e. The SMILES string of the molecule is COc1ccc(CCNc2ccc(C(=O)Nc3cccc(Cl)c3)nn2)cc1. The Bertz CT molecular complexity index is 899. The average Bonchev–Trinajstić information content (AvgIpc) is 2.69. The number of carbonyl (C=O) groups excluding carboxylic acids is 1. The zero-order valence-corrected chi connectivity index (χ0v) is 15.5. The van der Waals surface area contributed by atoms with E-state index in [2.05, 4.69) is 20.8 Å². The minimum absolute atomic E-state index is 0.232. The molecule has 138 valence electrons. The second kappa shape index (κ2) is 9.00. The Morgan fingerprint density at radius 1 is 1.07 bits per heavy atom. The molecule has 3 aromatic rings. The van der Waals surface area contributed by atoms with Gasteiger partial charge in [0.25, 0.3) is 5.91 Å². The van der Waals surface area contributed by atoms with Crippen LogP contribution >= 0.6 is 11.6 Å². The van der Waals surface area contributed by atoms with Crippen molar-refractivity contribution in [2.75, 3.05) is 24.3 Å². The van der Waals surface area contributed by atoms with Crippen molar-refractivity contribution >= 4 is 29.0 Å². The van der Waals surface area contributed by atoms with Crippen molar-refractivity contribution < 1.29 is 9.53 Å². The molecule has 7 heteroatoms. The van der Waals surface area contributed by atoms with Crippen LogP contribution in [0.1, 0.15) is 16.1 Å². The standard InChI is InChI=1S/C20H19ClN4O2/c1-27-17-7-5-14(6-8-17)11-12-22-19-10-9-18(24-25-19)20(26)23-16-4-2-3-15(21)13-16/h2-10,13H,11-12H2,1H3,(H,22,25)(H,23,26). The molecule has 1 heterocycles. The van der Waals surface area contributed by atoms with Crippen LogP contribution in [-0.2, 0) is 6.42 Å². The molecule has 0 aliphatic rings. The van der Waals surface area contributed by atoms with Gasteiger partial charge in [0, 0.05) is 17.3 Å². The summed E-state index contributed by atoms with van der Waals surface area (Å²) in [6.07, 6.45) is 0.836. The summed E-state index contributed by atoms with van der Waals surface area (Å²) >= 11 is 5.91. The molecule has 27 heavy (non-hydrogen) atoms. The summed E-state index contributed by atoms with van der Waals surface area (Å²) in [7, 11) is 1.65. The number of hydrogen-bond donors (Lipinski definition) is 2. The van der Waals surface area contributed by atoms with Gasteiger partial charge in [-0.3, -0.25) is 4.79 Å². The highest BCUT2D eigenvalue weighted by Crippen LogP contribution is 2.16. The number of carbonyl (C=O) groups is 1. The predicted octanol–water partition coefficient (Wildman–Crippen LogP) is 4.05. The van der Waals surface area contributed by atoms with E-state index in [1.165, 1.54) is 5.56 Å². The lowest BCUT2D eigenvalue weighted by molar-refractivity contribution is 0.102. The molecule has 0 spiro atoms. The molecule has 0 aliphatic carbocycles. The summed E-state index contributed by atoms with van der Waals surface area (Å²) in [5.74, 6) is 1.11. The summed E-state index contributed by atoms with van der Waals surface area (Å²) in [5, 5.41) is 14.5. The third-order valence-electron chi connectivity index (χ3n) is 3.86. The van der Waals surface area contributed by atoms with Gasteiger partial charge < -0.3 is 15.4 Å². The Kier molecular flexibility index (Phi) is 6.22. The van der Waals surface area contributed by atoms with E-state index in [-0.39, 0.29) is 11.6 Å². The predicted molar refractivity (Wildman–Crippen MR) is 107 cm³/mol. The van der Waals surface area contributed by atoms with Gasteiger partial charge in [-0.2, -0.15) is 0 Å². The molecule has 0 bridgehead atoms. The van der Waals surface area contributed by atoms with Crippen molar-refractivity contribution in [1.82, 2.24) is 10.2 Å². The number of nitrogens with zero attached hydrogens (tertiary/aromatic N) is 2. The molecule has 0 saturated carbocycles. The number of benzene rings is 2. The molecule has 3 rings (SSSR count). The molecule has 6 nitrogen and oxygen atoms in total. The van der Waals surface area contributed by atoms with E-state index in [4.69, 9.17) is 16.3 Å². The van der Waals surface area contributed by atoms with E-state index < -0.39 is 0 Å². The van der Waals surface area contributed by atoms with Gasteiger partial charge in [0.2, 0.25) is 0 Å². The van der Waals surface area contributed by atoms with Gasteiger partial charge in [0.1, 0.15) is 11.6 Å². The largest absolute Gasteiger partial charge is 0.497 e. The molecule has 0 radical (unpaired) electrons. The number of halogens is 1. The van der Waals surface area contributed by atoms with Gasteiger partial charge in [0.05, 0.1) is 7.11 Å². The number of methoxy groups -OCH3 is 1. The van der Waals surface area contributed by atoms with Crippen LogP contribution < -0.4 is 15.4 Å². The Balaban J connectivity index is 1.51. The van der Waals surface area contributed by atoms with Gasteiger partial charge in [-0.05, 0) is 54.4 Å². The zero-order chi connectivity index (χ0) is 19.1. The average molecular weight is 383 g/mol. The van der Waals surface area contributed by atoms with Gasteiger partial charge in [-0.15, -0.1) is 10.2 Å². The highest BCUT2D eigenvalue weighted by atomic mass is 35.5. The molecule has 0 saturated heterocycles. The maximum atomic E-state index is 12.2. The van der Waals surface area contributed by atoms with Crippen molar-refractivity contribution in [2.45, 2.75) is 6.42 Å². The van der Waals surface area contributed by atoms with Crippen molar-refractivity contribution in [3.63, 3.8) is 0 Å². The molecule has 2 aromatic carbocycles. The Labute approximate surface area is 162 Å². The number of nitrogens with one attached hydrogen (secondary N) is 2. The zero-order valence-electron chi connectivity index (χ0n) is 14.8. The van der Waals surface area contributed by atoms with Crippen LogP contribution in [0.25, 0.3) is 0 Å². The van der Waals surface area contributed by atoms with Gasteiger partial charge in [0.15, 0.2) is 5.69 Å². The highest BCUT2D eigenvalue weighted by molar-refractivity contribution is 6.30. The molecule has 1 amide bonds. The van der Waals surface area contributed by atoms with E-state index in [9.17, 15) is 4.79 Å². The summed E-state index contributed by atoms with van der Waals surface area (Å²) in [6, 6.07) is 18.2. The number of ether oxygens (including phenoxy) is 1. The monoisotopic (exact) mass is 382 g/mol. The number of amides is 1. The Morgan fingerprint density at radius 2 is 1.89 bits per heavy atom. The van der Waals surface area contributed by atoms with Crippen molar-refractivity contribution in [3.8, 4) is 5.75 Å². The lowest BCUT2D eigenvalue weighted by atomic mass is 10.1. The maximum absolute atomic E-state index is 12.2. The molecule has 0 atom stereocenters. The molecular weight excluding hydrogens is 364 g/mol. The van der Waals surface area contributed by atoms with E-state index in [1.807, 2.05) is 24.3 Å². The number of anilines is 2. The molecular formula is C20H19ClN4O2. The second-order valence-electron chi connectivity index (χ2n) is 5.79. The van der Waals surface area contributed by atoms with Crippen molar-refractivity contribution in [1.29, 1.82) is 0 Å². The van der Waals surface area contributed by atoms with Crippen molar-refractivity contribution in [2.24, 2.45) is 0 Å². The van der Waals surface area contributed by atoms with Crippen LogP contribution in [0.2, 0.25) is 5.02 Å². The first kappa shape index (κ1) is 18.7. The lowest BCUT2D eigenvalue weighted by Gasteiger charge is -2.07. The molecule has 2 N–H and O–H groups in total. The van der Waals surface area contributed by atoms with Gasteiger partial charge >= 0.3 is 0 Å². The van der Waals surface area contributed by atoms with Gasteiger partial charge in [-0.1, -0.05) is 29.8 Å². The fraction of sp³-hybridized carbons (Fsp3) is 0.150. The normalized spacial score (nSPS) is 10.3. The molecule has 1 aromatic heterocycles. The van der Waals surface area contributed by atoms with Crippen LogP contribution in [0.4, 0.5) is 11.5 Å². The number of aromatic nitrogens is 2. The van der Waals surface area contributed by atoms with E-state index in [0.29, 0.717) is 23.1 Å². The van der Waals surface area contributed by atoms with Gasteiger partial charge in [-0.25, -0.2) is 0 Å². The highest BCUT2D eigenvalue weighted by Gasteiger charge is 2.09. The minimum atomic E-state index is -0.338. The minimum Gasteiger partial charge on any atom is -0.497 e. The number of rotatable bonds is 7. The number of hydrogen-bond acceptors (Lipinski definition) is 5. The summed E-state index contributed by atoms with van der Waals surface area (Å²) in [4.78, 5) is 12.2. The fourth-order valence-corrected chi connectivity index (χ4v) is 2.63. The second-order valence-corrected chi connectivity index (χ2v) is 6.23. The summed E-state index contributed by atoms with van der Waals surface area (Å²) in [6.45, 7) is 0.703. The van der Waals surface area contributed by atoms with Crippen LogP contribution in [0.3, 0.4) is 0 Å². The van der Waals surface area contributed by atoms with Crippen LogP contribution in [0.15, 0.2) is 60.7 Å². The first-order valence-electron chi connectivity index (χ1n) is 8.41.